The number of hydrogen-bond acceptors (Lipinski definition) is 3. The summed E-state index contributed by atoms with van der Waals surface area (Å²) in [4.78, 5) is 15.7. The molecular weight excluding hydrogens is 320 g/mol. The Kier molecular flexibility index (Phi) is 3.75. The molecule has 0 aliphatic heterocycles. The molecule has 0 saturated carbocycles. The van der Waals surface area contributed by atoms with Crippen molar-refractivity contribution in [2.45, 2.75) is 0 Å². The third-order valence-electron chi connectivity index (χ3n) is 2.33. The lowest BCUT2D eigenvalue weighted by molar-refractivity contribution is 0.102. The Labute approximate surface area is 115 Å². The molecule has 0 fully saturated rings. The van der Waals surface area contributed by atoms with E-state index < -0.39 is 28.8 Å². The van der Waals surface area contributed by atoms with Gasteiger partial charge in [0.15, 0.2) is 5.82 Å². The topological polar surface area (TPSA) is 68.0 Å². The molecule has 98 valence electrons. The van der Waals surface area contributed by atoms with E-state index in [1.807, 2.05) is 0 Å². The predicted molar refractivity (Wildman–Crippen MR) is 70.7 cm³/mol. The van der Waals surface area contributed by atoms with E-state index in [0.717, 1.165) is 12.1 Å². The molecule has 0 atom stereocenters. The first-order valence-electron chi connectivity index (χ1n) is 5.14. The summed E-state index contributed by atoms with van der Waals surface area (Å²) in [5, 5.41) is 2.43. The fourth-order valence-corrected chi connectivity index (χ4v) is 1.79. The maximum absolute atomic E-state index is 13.7. The largest absolute Gasteiger partial charge is 0.396 e. The van der Waals surface area contributed by atoms with Crippen molar-refractivity contribution in [3.63, 3.8) is 0 Å². The molecule has 4 nitrogen and oxygen atoms in total. The number of nitrogens with one attached hydrogen (secondary N) is 1. The fourth-order valence-electron chi connectivity index (χ4n) is 1.44. The summed E-state index contributed by atoms with van der Waals surface area (Å²) in [6.45, 7) is 0. The van der Waals surface area contributed by atoms with Gasteiger partial charge in [-0.3, -0.25) is 9.78 Å². The number of carbonyl (C=O) groups is 1. The van der Waals surface area contributed by atoms with Gasteiger partial charge in [0.1, 0.15) is 5.82 Å². The van der Waals surface area contributed by atoms with E-state index in [0.29, 0.717) is 10.2 Å². The van der Waals surface area contributed by atoms with Gasteiger partial charge in [-0.15, -0.1) is 0 Å². The maximum Gasteiger partial charge on any atom is 0.258 e. The molecular formula is C12H8BrF2N3O. The number of pyridine rings is 1. The quantitative estimate of drug-likeness (QED) is 0.833. The Hall–Kier alpha value is -2.02. The van der Waals surface area contributed by atoms with Crippen molar-refractivity contribution in [2.75, 3.05) is 11.1 Å². The highest BCUT2D eigenvalue weighted by Gasteiger charge is 2.17. The standard InChI is InChI=1S/C12H8BrF2N3O/c13-8-5-17-2-1-10(8)18-12(19)7-3-6(14)4-9(16)11(7)15/h1-5H,16H2,(H,17,18,19). The maximum atomic E-state index is 13.7. The lowest BCUT2D eigenvalue weighted by Crippen LogP contribution is -2.15. The van der Waals surface area contributed by atoms with Gasteiger partial charge in [0.05, 0.1) is 21.4 Å². The summed E-state index contributed by atoms with van der Waals surface area (Å²) in [7, 11) is 0. The summed E-state index contributed by atoms with van der Waals surface area (Å²) in [6.07, 6.45) is 2.92. The Bertz CT molecular complexity index is 649. The van der Waals surface area contributed by atoms with E-state index in [9.17, 15) is 13.6 Å². The normalized spacial score (nSPS) is 10.3. The van der Waals surface area contributed by atoms with Gasteiger partial charge < -0.3 is 11.1 Å². The van der Waals surface area contributed by atoms with Crippen LogP contribution in [0.3, 0.4) is 0 Å². The van der Waals surface area contributed by atoms with Crippen molar-refractivity contribution in [3.05, 3.63) is 52.3 Å². The first-order chi connectivity index (χ1) is 8.99. The fraction of sp³-hybridized carbons (Fsp3) is 0. The number of hydrogen-bond donors (Lipinski definition) is 2. The summed E-state index contributed by atoms with van der Waals surface area (Å²) in [5.74, 6) is -2.53. The van der Waals surface area contributed by atoms with Crippen LogP contribution in [0.5, 0.6) is 0 Å². The van der Waals surface area contributed by atoms with E-state index in [4.69, 9.17) is 5.73 Å². The third-order valence-corrected chi connectivity index (χ3v) is 2.96. The van der Waals surface area contributed by atoms with Crippen LogP contribution in [0.25, 0.3) is 0 Å². The molecule has 1 aromatic carbocycles. The highest BCUT2D eigenvalue weighted by molar-refractivity contribution is 9.10. The van der Waals surface area contributed by atoms with Crippen LogP contribution in [0, 0.1) is 11.6 Å². The molecule has 2 aromatic rings. The average molecular weight is 328 g/mol. The van der Waals surface area contributed by atoms with Gasteiger partial charge in [0, 0.05) is 12.4 Å². The van der Waals surface area contributed by atoms with Gasteiger partial charge in [-0.1, -0.05) is 0 Å². The van der Waals surface area contributed by atoms with Crippen LogP contribution >= 0.6 is 15.9 Å². The van der Waals surface area contributed by atoms with Crippen molar-refractivity contribution in [3.8, 4) is 0 Å². The summed E-state index contributed by atoms with van der Waals surface area (Å²) in [5.41, 5.74) is 4.78. The molecule has 0 spiro atoms. The Morgan fingerprint density at radius 1 is 1.37 bits per heavy atom. The first-order valence-corrected chi connectivity index (χ1v) is 5.93. The number of nitrogens with zero attached hydrogens (tertiary/aromatic N) is 1. The minimum atomic E-state index is -0.955. The van der Waals surface area contributed by atoms with Crippen LogP contribution in [0.1, 0.15) is 10.4 Å². The molecule has 1 aromatic heterocycles. The van der Waals surface area contributed by atoms with Crippen molar-refractivity contribution in [2.24, 2.45) is 0 Å². The number of rotatable bonds is 2. The van der Waals surface area contributed by atoms with Gasteiger partial charge in [0.25, 0.3) is 5.91 Å². The number of carbonyl (C=O) groups excluding carboxylic acids is 1. The number of amides is 1. The zero-order valence-corrected chi connectivity index (χ0v) is 11.0. The van der Waals surface area contributed by atoms with Crippen molar-refractivity contribution >= 4 is 33.2 Å². The second-order valence-electron chi connectivity index (χ2n) is 3.67. The SMILES string of the molecule is Nc1cc(F)cc(C(=O)Nc2ccncc2Br)c1F. The number of nitrogen functional groups attached to an aromatic ring is 1. The van der Waals surface area contributed by atoms with Crippen LogP contribution in [-0.2, 0) is 0 Å². The van der Waals surface area contributed by atoms with Crippen molar-refractivity contribution in [1.82, 2.24) is 4.98 Å². The van der Waals surface area contributed by atoms with Gasteiger partial charge in [-0.05, 0) is 34.1 Å². The minimum Gasteiger partial charge on any atom is -0.396 e. The number of aromatic nitrogens is 1. The van der Waals surface area contributed by atoms with Gasteiger partial charge in [-0.25, -0.2) is 8.78 Å². The predicted octanol–water partition coefficient (Wildman–Crippen LogP) is 2.96. The summed E-state index contributed by atoms with van der Waals surface area (Å²) >= 11 is 3.18. The molecule has 7 heteroatoms. The summed E-state index contributed by atoms with van der Waals surface area (Å²) < 4.78 is 27.3. The minimum absolute atomic E-state index is 0.391. The zero-order chi connectivity index (χ0) is 14.0. The van der Waals surface area contributed by atoms with E-state index in [1.165, 1.54) is 18.5 Å². The Morgan fingerprint density at radius 3 is 2.79 bits per heavy atom. The first kappa shape index (κ1) is 13.4. The molecule has 0 bridgehead atoms. The molecule has 19 heavy (non-hydrogen) atoms. The van der Waals surface area contributed by atoms with Gasteiger partial charge >= 0.3 is 0 Å². The molecule has 3 N–H and O–H groups in total. The van der Waals surface area contributed by atoms with E-state index in [1.54, 1.807) is 0 Å². The number of halogens is 3. The molecule has 2 rings (SSSR count). The zero-order valence-electron chi connectivity index (χ0n) is 9.45. The second-order valence-corrected chi connectivity index (χ2v) is 4.52. The van der Waals surface area contributed by atoms with E-state index in [2.05, 4.69) is 26.2 Å². The summed E-state index contributed by atoms with van der Waals surface area (Å²) in [6, 6.07) is 3.12. The molecule has 1 heterocycles. The smallest absolute Gasteiger partial charge is 0.258 e. The van der Waals surface area contributed by atoms with E-state index >= 15 is 0 Å². The van der Waals surface area contributed by atoms with Crippen LogP contribution < -0.4 is 11.1 Å². The van der Waals surface area contributed by atoms with Crippen LogP contribution in [0.2, 0.25) is 0 Å². The molecule has 0 aliphatic carbocycles. The number of benzene rings is 1. The molecule has 1 amide bonds. The lowest BCUT2D eigenvalue weighted by Gasteiger charge is -2.08. The van der Waals surface area contributed by atoms with E-state index in [-0.39, 0.29) is 0 Å². The van der Waals surface area contributed by atoms with Crippen LogP contribution in [0.15, 0.2) is 35.1 Å². The third kappa shape index (κ3) is 2.87. The number of nitrogens with two attached hydrogens (primary N) is 1. The van der Waals surface area contributed by atoms with Gasteiger partial charge in [-0.2, -0.15) is 0 Å². The average Bonchev–Trinajstić information content (AvgIpc) is 2.36. The highest BCUT2D eigenvalue weighted by Crippen LogP contribution is 2.23. The van der Waals surface area contributed by atoms with Gasteiger partial charge in [0.2, 0.25) is 0 Å². The molecule has 0 unspecified atom stereocenters. The monoisotopic (exact) mass is 327 g/mol. The van der Waals surface area contributed by atoms with Crippen molar-refractivity contribution < 1.29 is 13.6 Å². The van der Waals surface area contributed by atoms with Crippen molar-refractivity contribution in [1.29, 1.82) is 0 Å². The molecule has 0 aliphatic rings. The highest BCUT2D eigenvalue weighted by atomic mass is 79.9. The Morgan fingerprint density at radius 2 is 2.11 bits per heavy atom. The van der Waals surface area contributed by atoms with Crippen LogP contribution in [0.4, 0.5) is 20.2 Å². The second kappa shape index (κ2) is 5.31. The molecule has 0 radical (unpaired) electrons. The Balaban J connectivity index is 2.33. The number of anilines is 2. The lowest BCUT2D eigenvalue weighted by atomic mass is 10.1. The molecule has 0 saturated heterocycles. The van der Waals surface area contributed by atoms with Crippen LogP contribution in [-0.4, -0.2) is 10.9 Å².